The van der Waals surface area contributed by atoms with E-state index in [9.17, 15) is 4.39 Å². The number of pyridine rings is 1. The summed E-state index contributed by atoms with van der Waals surface area (Å²) in [6, 6.07) is 7.02. The number of halogens is 2. The van der Waals surface area contributed by atoms with Crippen LogP contribution in [0, 0.1) is 12.7 Å². The fourth-order valence-electron chi connectivity index (χ4n) is 1.77. The van der Waals surface area contributed by atoms with E-state index in [0.29, 0.717) is 18.7 Å². The number of anilines is 1. The molecule has 0 saturated carbocycles. The number of nitrogens with zero attached hydrogens (tertiary/aromatic N) is 1. The molecule has 5 heteroatoms. The largest absolute Gasteiger partial charge is 0.366 e. The first-order valence-corrected chi connectivity index (χ1v) is 6.73. The highest BCUT2D eigenvalue weighted by Gasteiger charge is 2.05. The van der Waals surface area contributed by atoms with Crippen LogP contribution in [0.3, 0.4) is 0 Å². The van der Waals surface area contributed by atoms with Gasteiger partial charge >= 0.3 is 0 Å². The lowest BCUT2D eigenvalue weighted by molar-refractivity contribution is 0.610. The molecular weight excluding hydrogens is 309 g/mol. The van der Waals surface area contributed by atoms with Crippen LogP contribution in [0.25, 0.3) is 0 Å². The fraction of sp³-hybridized carbons (Fsp3) is 0.214. The average molecular weight is 324 g/mol. The van der Waals surface area contributed by atoms with Crippen LogP contribution in [0.5, 0.6) is 0 Å². The summed E-state index contributed by atoms with van der Waals surface area (Å²) < 4.78 is 14.7. The normalized spacial score (nSPS) is 10.5. The number of hydrogen-bond acceptors (Lipinski definition) is 3. The zero-order valence-corrected chi connectivity index (χ0v) is 12.2. The summed E-state index contributed by atoms with van der Waals surface area (Å²) in [5.41, 5.74) is 7.87. The molecule has 0 aliphatic heterocycles. The molecule has 19 heavy (non-hydrogen) atoms. The first-order valence-electron chi connectivity index (χ1n) is 5.93. The summed E-state index contributed by atoms with van der Waals surface area (Å²) in [7, 11) is 0. The maximum atomic E-state index is 13.8. The second kappa shape index (κ2) is 6.12. The number of aryl methyl sites for hydroxylation is 1. The zero-order valence-electron chi connectivity index (χ0n) is 10.6. The highest BCUT2D eigenvalue weighted by molar-refractivity contribution is 9.10. The third kappa shape index (κ3) is 3.52. The van der Waals surface area contributed by atoms with Crippen molar-refractivity contribution in [2.45, 2.75) is 20.0 Å². The molecule has 0 aliphatic carbocycles. The van der Waals surface area contributed by atoms with E-state index in [1.165, 1.54) is 6.07 Å². The van der Waals surface area contributed by atoms with Crippen molar-refractivity contribution < 1.29 is 4.39 Å². The Labute approximate surface area is 120 Å². The van der Waals surface area contributed by atoms with Gasteiger partial charge in [0.1, 0.15) is 11.6 Å². The van der Waals surface area contributed by atoms with Gasteiger partial charge in [-0.15, -0.1) is 0 Å². The van der Waals surface area contributed by atoms with Gasteiger partial charge in [-0.3, -0.25) is 0 Å². The van der Waals surface area contributed by atoms with E-state index in [0.717, 1.165) is 21.4 Å². The van der Waals surface area contributed by atoms with Gasteiger partial charge in [-0.2, -0.15) is 0 Å². The summed E-state index contributed by atoms with van der Waals surface area (Å²) in [4.78, 5) is 4.26. The van der Waals surface area contributed by atoms with Gasteiger partial charge in [0.25, 0.3) is 0 Å². The summed E-state index contributed by atoms with van der Waals surface area (Å²) in [5, 5.41) is 3.13. The standard InChI is InChI=1S/C14H15BrFN3/c1-9-4-12(15)8-19-14(9)18-7-11-3-2-10(6-17)5-13(11)16/h2-5,8H,6-7,17H2,1H3,(H,18,19). The van der Waals surface area contributed by atoms with Crippen LogP contribution in [-0.4, -0.2) is 4.98 Å². The third-order valence-electron chi connectivity index (χ3n) is 2.84. The Bertz CT molecular complexity index is 587. The highest BCUT2D eigenvalue weighted by atomic mass is 79.9. The first-order chi connectivity index (χ1) is 9.10. The van der Waals surface area contributed by atoms with E-state index in [1.807, 2.05) is 19.1 Å². The zero-order chi connectivity index (χ0) is 13.8. The minimum Gasteiger partial charge on any atom is -0.366 e. The molecule has 2 rings (SSSR count). The van der Waals surface area contributed by atoms with Gasteiger partial charge in [0.05, 0.1) is 0 Å². The Morgan fingerprint density at radius 1 is 1.37 bits per heavy atom. The van der Waals surface area contributed by atoms with Crippen LogP contribution < -0.4 is 11.1 Å². The predicted molar refractivity (Wildman–Crippen MR) is 78.3 cm³/mol. The van der Waals surface area contributed by atoms with E-state index in [2.05, 4.69) is 26.2 Å². The lowest BCUT2D eigenvalue weighted by Gasteiger charge is -2.10. The van der Waals surface area contributed by atoms with Gasteiger partial charge in [0.2, 0.25) is 0 Å². The minimum atomic E-state index is -0.245. The summed E-state index contributed by atoms with van der Waals surface area (Å²) in [6.07, 6.45) is 1.71. The second-order valence-electron chi connectivity index (χ2n) is 4.30. The van der Waals surface area contributed by atoms with Crippen LogP contribution in [-0.2, 0) is 13.1 Å². The molecule has 0 bridgehead atoms. The molecule has 0 unspecified atom stereocenters. The molecule has 1 aromatic carbocycles. The predicted octanol–water partition coefficient (Wildman–Crippen LogP) is 3.36. The third-order valence-corrected chi connectivity index (χ3v) is 3.28. The Morgan fingerprint density at radius 3 is 2.79 bits per heavy atom. The molecule has 0 saturated heterocycles. The second-order valence-corrected chi connectivity index (χ2v) is 5.22. The molecule has 2 aromatic rings. The molecule has 0 atom stereocenters. The molecule has 0 fully saturated rings. The number of nitrogens with one attached hydrogen (secondary N) is 1. The van der Waals surface area contributed by atoms with Crippen LogP contribution in [0.4, 0.5) is 10.2 Å². The summed E-state index contributed by atoms with van der Waals surface area (Å²) in [5.74, 6) is 0.510. The molecule has 3 N–H and O–H groups in total. The lowest BCUT2D eigenvalue weighted by atomic mass is 10.1. The maximum absolute atomic E-state index is 13.8. The topological polar surface area (TPSA) is 50.9 Å². The SMILES string of the molecule is Cc1cc(Br)cnc1NCc1ccc(CN)cc1F. The van der Waals surface area contributed by atoms with Crippen molar-refractivity contribution in [3.8, 4) is 0 Å². The molecule has 1 heterocycles. The quantitative estimate of drug-likeness (QED) is 0.907. The Balaban J connectivity index is 2.10. The van der Waals surface area contributed by atoms with Crippen LogP contribution >= 0.6 is 15.9 Å². The van der Waals surface area contributed by atoms with E-state index >= 15 is 0 Å². The van der Waals surface area contributed by atoms with Crippen molar-refractivity contribution in [1.29, 1.82) is 0 Å². The number of aromatic nitrogens is 1. The van der Waals surface area contributed by atoms with E-state index in [-0.39, 0.29) is 5.82 Å². The lowest BCUT2D eigenvalue weighted by Crippen LogP contribution is -2.06. The maximum Gasteiger partial charge on any atom is 0.129 e. The van der Waals surface area contributed by atoms with Gasteiger partial charge in [-0.1, -0.05) is 12.1 Å². The number of rotatable bonds is 4. The van der Waals surface area contributed by atoms with Gasteiger partial charge in [-0.25, -0.2) is 9.37 Å². The molecule has 1 aromatic heterocycles. The fourth-order valence-corrected chi connectivity index (χ4v) is 2.21. The van der Waals surface area contributed by atoms with Crippen molar-refractivity contribution in [3.05, 3.63) is 57.4 Å². The summed E-state index contributed by atoms with van der Waals surface area (Å²) >= 11 is 3.36. The van der Waals surface area contributed by atoms with Crippen molar-refractivity contribution in [3.63, 3.8) is 0 Å². The number of benzene rings is 1. The smallest absolute Gasteiger partial charge is 0.129 e. The van der Waals surface area contributed by atoms with Gasteiger partial charge in [0.15, 0.2) is 0 Å². The van der Waals surface area contributed by atoms with E-state index in [1.54, 1.807) is 12.3 Å². The van der Waals surface area contributed by atoms with Crippen LogP contribution in [0.2, 0.25) is 0 Å². The monoisotopic (exact) mass is 323 g/mol. The average Bonchev–Trinajstić information content (AvgIpc) is 2.39. The van der Waals surface area contributed by atoms with Crippen LogP contribution in [0.15, 0.2) is 34.9 Å². The first kappa shape index (κ1) is 14.0. The van der Waals surface area contributed by atoms with Gasteiger partial charge in [-0.05, 0) is 46.1 Å². The molecule has 3 nitrogen and oxygen atoms in total. The summed E-state index contributed by atoms with van der Waals surface area (Å²) in [6.45, 7) is 2.69. The van der Waals surface area contributed by atoms with Gasteiger partial charge < -0.3 is 11.1 Å². The minimum absolute atomic E-state index is 0.245. The molecular formula is C14H15BrFN3. The van der Waals surface area contributed by atoms with Crippen molar-refractivity contribution in [2.75, 3.05) is 5.32 Å². The Morgan fingerprint density at radius 2 is 2.16 bits per heavy atom. The van der Waals surface area contributed by atoms with Crippen molar-refractivity contribution >= 4 is 21.7 Å². The van der Waals surface area contributed by atoms with Crippen molar-refractivity contribution in [1.82, 2.24) is 4.98 Å². The number of nitrogens with two attached hydrogens (primary N) is 1. The molecule has 100 valence electrons. The van der Waals surface area contributed by atoms with E-state index < -0.39 is 0 Å². The Hall–Kier alpha value is -1.46. The molecule has 0 spiro atoms. The van der Waals surface area contributed by atoms with Crippen LogP contribution in [0.1, 0.15) is 16.7 Å². The van der Waals surface area contributed by atoms with Gasteiger partial charge in [0, 0.05) is 29.3 Å². The Kier molecular flexibility index (Phi) is 4.50. The van der Waals surface area contributed by atoms with E-state index in [4.69, 9.17) is 5.73 Å². The molecule has 0 amide bonds. The highest BCUT2D eigenvalue weighted by Crippen LogP contribution is 2.18. The van der Waals surface area contributed by atoms with Crippen molar-refractivity contribution in [2.24, 2.45) is 5.73 Å². The molecule has 0 aliphatic rings. The number of hydrogen-bond donors (Lipinski definition) is 2. The molecule has 0 radical (unpaired) electrons.